The maximum Gasteiger partial charge on any atom is 0.262 e. The van der Waals surface area contributed by atoms with E-state index >= 15 is 0 Å². The summed E-state index contributed by atoms with van der Waals surface area (Å²) in [5.74, 6) is 0.118. The van der Waals surface area contributed by atoms with Gasteiger partial charge in [0.2, 0.25) is 0 Å². The van der Waals surface area contributed by atoms with Crippen molar-refractivity contribution in [3.63, 3.8) is 0 Å². The van der Waals surface area contributed by atoms with Crippen molar-refractivity contribution in [1.29, 1.82) is 0 Å². The highest BCUT2D eigenvalue weighted by Gasteiger charge is 2.19. The van der Waals surface area contributed by atoms with Crippen LogP contribution in [0.5, 0.6) is 0 Å². The molecule has 130 valence electrons. The zero-order valence-corrected chi connectivity index (χ0v) is 15.4. The molecule has 0 saturated heterocycles. The third kappa shape index (κ3) is 3.62. The molecule has 0 aliphatic heterocycles. The predicted molar refractivity (Wildman–Crippen MR) is 94.6 cm³/mol. The molecule has 3 aromatic rings. The van der Waals surface area contributed by atoms with E-state index in [0.717, 1.165) is 11.8 Å². The Morgan fingerprint density at radius 2 is 1.88 bits per heavy atom. The molecule has 25 heavy (non-hydrogen) atoms. The summed E-state index contributed by atoms with van der Waals surface area (Å²) in [6, 6.07) is 6.44. The average molecular weight is 377 g/mol. The highest BCUT2D eigenvalue weighted by atomic mass is 32.2. The maximum absolute atomic E-state index is 12.3. The van der Waals surface area contributed by atoms with E-state index in [0.29, 0.717) is 27.8 Å². The normalized spacial score (nSPS) is 11.5. The zero-order chi connectivity index (χ0) is 18.2. The predicted octanol–water partition coefficient (Wildman–Crippen LogP) is 3.07. The Morgan fingerprint density at radius 1 is 1.20 bits per heavy atom. The van der Waals surface area contributed by atoms with Crippen molar-refractivity contribution in [3.8, 4) is 11.3 Å². The fourth-order valence-electron chi connectivity index (χ4n) is 2.30. The van der Waals surface area contributed by atoms with Crippen LogP contribution in [0.4, 0.5) is 5.13 Å². The minimum absolute atomic E-state index is 0.249. The minimum Gasteiger partial charge on any atom is -0.361 e. The third-order valence-electron chi connectivity index (χ3n) is 3.56. The summed E-state index contributed by atoms with van der Waals surface area (Å²) in [6.07, 6.45) is 1.16. The van der Waals surface area contributed by atoms with Gasteiger partial charge in [0.1, 0.15) is 11.3 Å². The number of rotatable bonds is 4. The molecule has 1 amide bonds. The third-order valence-corrected chi connectivity index (χ3v) is 5.45. The first-order chi connectivity index (χ1) is 11.8. The van der Waals surface area contributed by atoms with E-state index in [-0.39, 0.29) is 10.8 Å². The van der Waals surface area contributed by atoms with Gasteiger partial charge in [-0.05, 0) is 26.0 Å². The standard InChI is InChI=1S/C16H15N3O4S2/c1-9-14(10(2)23-19-9)15(20)18-16-17-13(8-24-16)11-4-6-12(7-5-11)25(3,21)22/h4-8H,1-3H3,(H,17,18,20). The number of thiazole rings is 1. The molecule has 0 atom stereocenters. The largest absolute Gasteiger partial charge is 0.361 e. The van der Waals surface area contributed by atoms with E-state index in [4.69, 9.17) is 4.52 Å². The number of hydrogen-bond donors (Lipinski definition) is 1. The molecular weight excluding hydrogens is 362 g/mol. The second kappa shape index (κ2) is 6.41. The van der Waals surface area contributed by atoms with E-state index in [9.17, 15) is 13.2 Å². The van der Waals surface area contributed by atoms with Gasteiger partial charge in [-0.1, -0.05) is 17.3 Å². The average Bonchev–Trinajstić information content (AvgIpc) is 3.13. The van der Waals surface area contributed by atoms with Gasteiger partial charge in [0.15, 0.2) is 15.0 Å². The quantitative estimate of drug-likeness (QED) is 0.750. The Bertz CT molecular complexity index is 1010. The van der Waals surface area contributed by atoms with Crippen LogP contribution in [0.25, 0.3) is 11.3 Å². The summed E-state index contributed by atoms with van der Waals surface area (Å²) in [7, 11) is -3.24. The molecule has 7 nitrogen and oxygen atoms in total. The Morgan fingerprint density at radius 3 is 2.44 bits per heavy atom. The Labute approximate surface area is 148 Å². The summed E-state index contributed by atoms with van der Waals surface area (Å²) in [6.45, 7) is 3.37. The Balaban J connectivity index is 1.80. The summed E-state index contributed by atoms with van der Waals surface area (Å²) in [5.41, 5.74) is 2.33. The van der Waals surface area contributed by atoms with Crippen LogP contribution in [0.15, 0.2) is 39.1 Å². The highest BCUT2D eigenvalue weighted by molar-refractivity contribution is 7.90. The summed E-state index contributed by atoms with van der Waals surface area (Å²) in [4.78, 5) is 16.9. The summed E-state index contributed by atoms with van der Waals surface area (Å²) in [5, 5.41) is 8.71. The van der Waals surface area contributed by atoms with Crippen molar-refractivity contribution in [2.75, 3.05) is 11.6 Å². The Hall–Kier alpha value is -2.52. The topological polar surface area (TPSA) is 102 Å². The molecule has 2 heterocycles. The minimum atomic E-state index is -3.24. The number of anilines is 1. The molecule has 0 bridgehead atoms. The molecule has 0 radical (unpaired) electrons. The van der Waals surface area contributed by atoms with Crippen molar-refractivity contribution >= 4 is 32.2 Å². The van der Waals surface area contributed by atoms with E-state index in [1.165, 1.54) is 23.5 Å². The van der Waals surface area contributed by atoms with Crippen molar-refractivity contribution < 1.29 is 17.7 Å². The molecule has 1 N–H and O–H groups in total. The van der Waals surface area contributed by atoms with E-state index in [2.05, 4.69) is 15.5 Å². The van der Waals surface area contributed by atoms with Gasteiger partial charge < -0.3 is 4.52 Å². The van der Waals surface area contributed by atoms with Gasteiger partial charge in [0.25, 0.3) is 5.91 Å². The SMILES string of the molecule is Cc1noc(C)c1C(=O)Nc1nc(-c2ccc(S(C)(=O)=O)cc2)cs1. The first-order valence-corrected chi connectivity index (χ1v) is 10.0. The van der Waals surface area contributed by atoms with Gasteiger partial charge in [0, 0.05) is 17.2 Å². The number of benzene rings is 1. The molecule has 0 saturated carbocycles. The molecule has 0 fully saturated rings. The first kappa shape index (κ1) is 17.3. The van der Waals surface area contributed by atoms with E-state index < -0.39 is 9.84 Å². The van der Waals surface area contributed by atoms with Crippen LogP contribution >= 0.6 is 11.3 Å². The van der Waals surface area contributed by atoms with E-state index in [1.54, 1.807) is 31.4 Å². The van der Waals surface area contributed by atoms with Gasteiger partial charge in [-0.15, -0.1) is 11.3 Å². The number of nitrogens with zero attached hydrogens (tertiary/aromatic N) is 2. The molecule has 0 spiro atoms. The maximum atomic E-state index is 12.3. The van der Waals surface area contributed by atoms with Gasteiger partial charge in [-0.25, -0.2) is 13.4 Å². The van der Waals surface area contributed by atoms with Crippen LogP contribution in [0, 0.1) is 13.8 Å². The molecular formula is C16H15N3O4S2. The molecule has 1 aromatic carbocycles. The number of carbonyl (C=O) groups excluding carboxylic acids is 1. The lowest BCUT2D eigenvalue weighted by Crippen LogP contribution is -2.13. The van der Waals surface area contributed by atoms with Crippen LogP contribution in [-0.2, 0) is 9.84 Å². The monoisotopic (exact) mass is 377 g/mol. The van der Waals surface area contributed by atoms with E-state index in [1.807, 2.05) is 0 Å². The van der Waals surface area contributed by atoms with Gasteiger partial charge in [-0.3, -0.25) is 10.1 Å². The van der Waals surface area contributed by atoms with Crippen LogP contribution in [0.2, 0.25) is 0 Å². The summed E-state index contributed by atoms with van der Waals surface area (Å²) < 4.78 is 28.0. The first-order valence-electron chi connectivity index (χ1n) is 7.26. The van der Waals surface area contributed by atoms with Crippen molar-refractivity contribution in [2.24, 2.45) is 0 Å². The molecule has 3 rings (SSSR count). The van der Waals surface area contributed by atoms with Crippen molar-refractivity contribution in [1.82, 2.24) is 10.1 Å². The fourth-order valence-corrected chi connectivity index (χ4v) is 3.65. The van der Waals surface area contributed by atoms with Crippen LogP contribution < -0.4 is 5.32 Å². The molecule has 2 aromatic heterocycles. The molecule has 0 unspecified atom stereocenters. The second-order valence-electron chi connectivity index (χ2n) is 5.49. The smallest absolute Gasteiger partial charge is 0.262 e. The summed E-state index contributed by atoms with van der Waals surface area (Å²) >= 11 is 1.28. The number of carbonyl (C=O) groups is 1. The number of hydrogen-bond acceptors (Lipinski definition) is 7. The van der Waals surface area contributed by atoms with Crippen LogP contribution in [0.1, 0.15) is 21.8 Å². The number of nitrogens with one attached hydrogen (secondary N) is 1. The second-order valence-corrected chi connectivity index (χ2v) is 8.36. The van der Waals surface area contributed by atoms with Gasteiger partial charge in [-0.2, -0.15) is 0 Å². The molecule has 0 aliphatic rings. The zero-order valence-electron chi connectivity index (χ0n) is 13.7. The van der Waals surface area contributed by atoms with Crippen molar-refractivity contribution in [2.45, 2.75) is 18.7 Å². The van der Waals surface area contributed by atoms with Crippen LogP contribution in [-0.4, -0.2) is 30.7 Å². The molecule has 0 aliphatic carbocycles. The number of sulfone groups is 1. The fraction of sp³-hybridized carbons (Fsp3) is 0.188. The lowest BCUT2D eigenvalue weighted by Gasteiger charge is -2.01. The molecule has 9 heteroatoms. The number of aromatic nitrogens is 2. The number of amides is 1. The van der Waals surface area contributed by atoms with Crippen LogP contribution in [0.3, 0.4) is 0 Å². The lowest BCUT2D eigenvalue weighted by molar-refractivity contribution is 0.102. The van der Waals surface area contributed by atoms with Gasteiger partial charge >= 0.3 is 0 Å². The van der Waals surface area contributed by atoms with Crippen molar-refractivity contribution in [3.05, 3.63) is 46.7 Å². The Kier molecular flexibility index (Phi) is 4.44. The highest BCUT2D eigenvalue weighted by Crippen LogP contribution is 2.26. The lowest BCUT2D eigenvalue weighted by atomic mass is 10.2. The van der Waals surface area contributed by atoms with Gasteiger partial charge in [0.05, 0.1) is 16.3 Å². The number of aryl methyl sites for hydroxylation is 2.